The number of carboxylic acids is 1. The van der Waals surface area contributed by atoms with Gasteiger partial charge in [0.1, 0.15) is 0 Å². The predicted octanol–water partition coefficient (Wildman–Crippen LogP) is 1.30. The lowest BCUT2D eigenvalue weighted by molar-refractivity contribution is -0.136. The van der Waals surface area contributed by atoms with Gasteiger partial charge in [-0.2, -0.15) is 17.4 Å². The topological polar surface area (TPSA) is 86.7 Å². The third-order valence-corrected chi connectivity index (χ3v) is 5.05. The van der Waals surface area contributed by atoms with Crippen LogP contribution in [-0.2, 0) is 28.0 Å². The predicted molar refractivity (Wildman–Crippen MR) is 83.5 cm³/mol. The first kappa shape index (κ1) is 16.7. The lowest BCUT2D eigenvalue weighted by Gasteiger charge is -2.23. The van der Waals surface area contributed by atoms with E-state index in [0.29, 0.717) is 19.5 Å². The third-order valence-electron chi connectivity index (χ3n) is 3.53. The van der Waals surface area contributed by atoms with Crippen LogP contribution in [0.3, 0.4) is 0 Å². The minimum Gasteiger partial charge on any atom is -0.481 e. The Kier molecular flexibility index (Phi) is 5.70. The van der Waals surface area contributed by atoms with Crippen molar-refractivity contribution in [2.24, 2.45) is 0 Å². The van der Waals surface area contributed by atoms with Crippen molar-refractivity contribution in [2.75, 3.05) is 13.1 Å². The van der Waals surface area contributed by atoms with Crippen molar-refractivity contribution >= 4 is 16.2 Å². The molecule has 0 bridgehead atoms. The van der Waals surface area contributed by atoms with Gasteiger partial charge in [0.15, 0.2) is 0 Å². The Labute approximate surface area is 130 Å². The smallest absolute Gasteiger partial charge is 0.303 e. The number of nitrogens with one attached hydrogen (secondary N) is 1. The highest BCUT2D eigenvalue weighted by molar-refractivity contribution is 7.87. The molecule has 1 aromatic carbocycles. The SMILES string of the molecule is O=C(O)CCc1ccccc1CNS(=O)(=O)N1CC=CCC1. The van der Waals surface area contributed by atoms with Crippen molar-refractivity contribution in [1.29, 1.82) is 0 Å². The van der Waals surface area contributed by atoms with Crippen molar-refractivity contribution in [3.05, 3.63) is 47.5 Å². The van der Waals surface area contributed by atoms with Gasteiger partial charge in [-0.15, -0.1) is 0 Å². The Balaban J connectivity index is 2.01. The zero-order valence-corrected chi connectivity index (χ0v) is 13.1. The number of aryl methyl sites for hydroxylation is 1. The van der Waals surface area contributed by atoms with Gasteiger partial charge in [0.2, 0.25) is 0 Å². The van der Waals surface area contributed by atoms with Gasteiger partial charge in [0.25, 0.3) is 10.2 Å². The maximum atomic E-state index is 12.2. The van der Waals surface area contributed by atoms with Crippen LogP contribution in [-0.4, -0.2) is 36.9 Å². The second kappa shape index (κ2) is 7.53. The number of benzene rings is 1. The number of carbonyl (C=O) groups is 1. The molecule has 0 aliphatic carbocycles. The van der Waals surface area contributed by atoms with Crippen LogP contribution in [0.4, 0.5) is 0 Å². The van der Waals surface area contributed by atoms with Crippen LogP contribution >= 0.6 is 0 Å². The summed E-state index contributed by atoms with van der Waals surface area (Å²) in [5.74, 6) is -0.865. The Morgan fingerprint density at radius 3 is 2.59 bits per heavy atom. The standard InChI is InChI=1S/C15H20N2O4S/c18-15(19)9-8-13-6-2-3-7-14(13)12-16-22(20,21)17-10-4-1-5-11-17/h1-4,6-7,16H,5,8-12H2,(H,18,19). The minimum atomic E-state index is -3.51. The summed E-state index contributed by atoms with van der Waals surface area (Å²) >= 11 is 0. The van der Waals surface area contributed by atoms with Crippen LogP contribution in [0.1, 0.15) is 24.0 Å². The largest absolute Gasteiger partial charge is 0.481 e. The van der Waals surface area contributed by atoms with Crippen LogP contribution in [0.2, 0.25) is 0 Å². The van der Waals surface area contributed by atoms with Gasteiger partial charge in [-0.1, -0.05) is 36.4 Å². The molecule has 0 amide bonds. The first-order chi connectivity index (χ1) is 10.5. The Bertz CT molecular complexity index is 655. The van der Waals surface area contributed by atoms with Crippen molar-refractivity contribution in [3.8, 4) is 0 Å². The second-order valence-electron chi connectivity index (χ2n) is 5.11. The van der Waals surface area contributed by atoms with E-state index in [0.717, 1.165) is 17.5 Å². The highest BCUT2D eigenvalue weighted by Gasteiger charge is 2.21. The molecule has 0 radical (unpaired) electrons. The zero-order valence-electron chi connectivity index (χ0n) is 12.2. The lowest BCUT2D eigenvalue weighted by atomic mass is 10.0. The summed E-state index contributed by atoms with van der Waals surface area (Å²) in [5, 5.41) is 8.77. The summed E-state index contributed by atoms with van der Waals surface area (Å²) < 4.78 is 28.4. The minimum absolute atomic E-state index is 0.0285. The number of rotatable bonds is 7. The lowest BCUT2D eigenvalue weighted by Crippen LogP contribution is -2.42. The molecular weight excluding hydrogens is 304 g/mol. The molecule has 1 aliphatic heterocycles. The number of carboxylic acid groups (broad SMARTS) is 1. The van der Waals surface area contributed by atoms with Gasteiger partial charge in [0, 0.05) is 26.1 Å². The maximum absolute atomic E-state index is 12.2. The number of aliphatic carboxylic acids is 1. The van der Waals surface area contributed by atoms with Crippen molar-refractivity contribution in [3.63, 3.8) is 0 Å². The molecule has 0 aromatic heterocycles. The maximum Gasteiger partial charge on any atom is 0.303 e. The number of nitrogens with zero attached hydrogens (tertiary/aromatic N) is 1. The summed E-state index contributed by atoms with van der Waals surface area (Å²) in [5.41, 5.74) is 1.66. The van der Waals surface area contributed by atoms with E-state index in [1.165, 1.54) is 4.31 Å². The summed E-state index contributed by atoms with van der Waals surface area (Å²) in [4.78, 5) is 10.7. The summed E-state index contributed by atoms with van der Waals surface area (Å²) in [6, 6.07) is 7.29. The molecule has 2 rings (SSSR count). The molecule has 0 saturated carbocycles. The van der Waals surface area contributed by atoms with Crippen LogP contribution in [0.15, 0.2) is 36.4 Å². The van der Waals surface area contributed by atoms with E-state index in [1.807, 2.05) is 36.4 Å². The molecule has 0 spiro atoms. The van der Waals surface area contributed by atoms with Gasteiger partial charge in [0.05, 0.1) is 0 Å². The van der Waals surface area contributed by atoms with E-state index >= 15 is 0 Å². The van der Waals surface area contributed by atoms with E-state index in [9.17, 15) is 13.2 Å². The quantitative estimate of drug-likeness (QED) is 0.740. The fourth-order valence-electron chi connectivity index (χ4n) is 2.31. The molecule has 6 nitrogen and oxygen atoms in total. The average Bonchev–Trinajstić information content (AvgIpc) is 2.52. The number of hydrogen-bond acceptors (Lipinski definition) is 3. The molecule has 0 atom stereocenters. The first-order valence-corrected chi connectivity index (χ1v) is 8.61. The van der Waals surface area contributed by atoms with Gasteiger partial charge in [-0.25, -0.2) is 0 Å². The van der Waals surface area contributed by atoms with Gasteiger partial charge in [-0.05, 0) is 24.0 Å². The van der Waals surface area contributed by atoms with Crippen LogP contribution in [0.25, 0.3) is 0 Å². The molecule has 120 valence electrons. The molecule has 1 heterocycles. The molecular formula is C15H20N2O4S. The van der Waals surface area contributed by atoms with Crippen molar-refractivity contribution in [2.45, 2.75) is 25.8 Å². The molecule has 2 N–H and O–H groups in total. The van der Waals surface area contributed by atoms with E-state index in [4.69, 9.17) is 5.11 Å². The van der Waals surface area contributed by atoms with Gasteiger partial charge < -0.3 is 5.11 Å². The van der Waals surface area contributed by atoms with Crippen LogP contribution in [0, 0.1) is 0 Å². The van der Waals surface area contributed by atoms with Crippen LogP contribution in [0.5, 0.6) is 0 Å². The highest BCUT2D eigenvalue weighted by atomic mass is 32.2. The fraction of sp³-hybridized carbons (Fsp3) is 0.400. The second-order valence-corrected chi connectivity index (χ2v) is 6.86. The Morgan fingerprint density at radius 2 is 1.95 bits per heavy atom. The molecule has 7 heteroatoms. The summed E-state index contributed by atoms with van der Waals surface area (Å²) in [6.07, 6.45) is 4.94. The van der Waals surface area contributed by atoms with Crippen molar-refractivity contribution < 1.29 is 18.3 Å². The third kappa shape index (κ3) is 4.66. The van der Waals surface area contributed by atoms with E-state index < -0.39 is 16.2 Å². The summed E-state index contributed by atoms with van der Waals surface area (Å²) in [7, 11) is -3.51. The normalized spacial score (nSPS) is 15.8. The number of hydrogen-bond donors (Lipinski definition) is 2. The Morgan fingerprint density at radius 1 is 1.23 bits per heavy atom. The van der Waals surface area contributed by atoms with Gasteiger partial charge >= 0.3 is 5.97 Å². The van der Waals surface area contributed by atoms with Crippen LogP contribution < -0.4 is 4.72 Å². The fourth-order valence-corrected chi connectivity index (χ4v) is 3.46. The van der Waals surface area contributed by atoms with E-state index in [-0.39, 0.29) is 13.0 Å². The molecule has 1 aliphatic rings. The van der Waals surface area contributed by atoms with Crippen molar-refractivity contribution in [1.82, 2.24) is 9.03 Å². The molecule has 0 unspecified atom stereocenters. The average molecular weight is 324 g/mol. The summed E-state index contributed by atoms with van der Waals surface area (Å²) in [6.45, 7) is 1.03. The highest BCUT2D eigenvalue weighted by Crippen LogP contribution is 2.13. The molecule has 1 aromatic rings. The zero-order chi connectivity index (χ0) is 16.0. The Hall–Kier alpha value is -1.70. The van der Waals surface area contributed by atoms with Gasteiger partial charge in [-0.3, -0.25) is 4.79 Å². The first-order valence-electron chi connectivity index (χ1n) is 7.17. The molecule has 0 saturated heterocycles. The monoisotopic (exact) mass is 324 g/mol. The van der Waals surface area contributed by atoms with E-state index in [1.54, 1.807) is 0 Å². The molecule has 22 heavy (non-hydrogen) atoms. The van der Waals surface area contributed by atoms with E-state index in [2.05, 4.69) is 4.72 Å². The molecule has 0 fully saturated rings.